The normalized spacial score (nSPS) is 9.88. The second kappa shape index (κ2) is 2.97. The Bertz CT molecular complexity index is 82.9. The van der Waals surface area contributed by atoms with Crippen LogP contribution in [0.2, 0.25) is 0 Å². The van der Waals surface area contributed by atoms with Crippen LogP contribution >= 0.6 is 13.5 Å². The second-order valence-electron chi connectivity index (χ2n) is 2.56. The minimum Gasteiger partial charge on any atom is -0.481 e. The maximum absolute atomic E-state index is 10.0. The van der Waals surface area contributed by atoms with Crippen LogP contribution in [0.1, 0.15) is 20.8 Å². The van der Waals surface area contributed by atoms with E-state index in [0.29, 0.717) is 0 Å². The van der Waals surface area contributed by atoms with Crippen molar-refractivity contribution in [2.24, 2.45) is 5.41 Å². The molecule has 0 bridgehead atoms. The number of carboxylic acid groups (broad SMARTS) is 1. The lowest BCUT2D eigenvalue weighted by Crippen LogP contribution is -2.18. The van der Waals surface area contributed by atoms with E-state index >= 15 is 0 Å². The molecule has 0 heterocycles. The molecule has 0 radical (unpaired) electrons. The highest BCUT2D eigenvalue weighted by molar-refractivity contribution is 7.59. The molecule has 0 aliphatic carbocycles. The summed E-state index contributed by atoms with van der Waals surface area (Å²) in [5.74, 6) is -0.757. The van der Waals surface area contributed by atoms with E-state index in [1.54, 1.807) is 20.8 Å². The molecule has 50 valence electrons. The highest BCUT2D eigenvalue weighted by atomic mass is 32.1. The predicted molar refractivity (Wildman–Crippen MR) is 37.5 cm³/mol. The lowest BCUT2D eigenvalue weighted by atomic mass is 9.98. The van der Waals surface area contributed by atoms with Gasteiger partial charge in [-0.25, -0.2) is 0 Å². The molecule has 0 spiro atoms. The topological polar surface area (TPSA) is 37.3 Å². The van der Waals surface area contributed by atoms with Gasteiger partial charge in [-0.05, 0) is 20.8 Å². The fraction of sp³-hybridized carbons (Fsp3) is 0.800. The summed E-state index contributed by atoms with van der Waals surface area (Å²) < 4.78 is 0. The Hall–Kier alpha value is -0.180. The molecule has 0 aromatic carbocycles. The van der Waals surface area contributed by atoms with Crippen molar-refractivity contribution in [3.63, 3.8) is 0 Å². The van der Waals surface area contributed by atoms with Crippen LogP contribution < -0.4 is 0 Å². The molecule has 0 rings (SSSR count). The molecule has 1 N–H and O–H groups in total. The minimum atomic E-state index is -0.757. The van der Waals surface area contributed by atoms with Gasteiger partial charge in [-0.3, -0.25) is 4.79 Å². The van der Waals surface area contributed by atoms with Crippen LogP contribution in [0.25, 0.3) is 0 Å². The maximum atomic E-state index is 10.0. The van der Waals surface area contributed by atoms with Crippen molar-refractivity contribution in [1.82, 2.24) is 0 Å². The number of aliphatic carboxylic acids is 1. The summed E-state index contributed by atoms with van der Waals surface area (Å²) in [6.07, 6.45) is 0. The van der Waals surface area contributed by atoms with E-state index in [0.717, 1.165) is 0 Å². The van der Waals surface area contributed by atoms with Crippen molar-refractivity contribution in [2.75, 3.05) is 0 Å². The summed E-state index contributed by atoms with van der Waals surface area (Å²) in [6.45, 7) is 4.99. The molecule has 0 aromatic heterocycles. The molecule has 0 saturated heterocycles. The van der Waals surface area contributed by atoms with Crippen LogP contribution in [-0.4, -0.2) is 11.1 Å². The van der Waals surface area contributed by atoms with Crippen molar-refractivity contribution in [3.8, 4) is 0 Å². The summed E-state index contributed by atoms with van der Waals surface area (Å²) in [4.78, 5) is 10.0. The molecular weight excluding hydrogens is 124 g/mol. The summed E-state index contributed by atoms with van der Waals surface area (Å²) in [5.41, 5.74) is -0.583. The lowest BCUT2D eigenvalue weighted by Gasteiger charge is -2.08. The molecule has 3 heteroatoms. The van der Waals surface area contributed by atoms with E-state index < -0.39 is 11.4 Å². The first kappa shape index (κ1) is 10.7. The van der Waals surface area contributed by atoms with Crippen LogP contribution in [-0.2, 0) is 4.79 Å². The second-order valence-corrected chi connectivity index (χ2v) is 2.56. The highest BCUT2D eigenvalue weighted by Gasteiger charge is 2.18. The Kier molecular flexibility index (Phi) is 3.99. The van der Waals surface area contributed by atoms with Crippen molar-refractivity contribution >= 4 is 19.5 Å². The fourth-order valence-electron chi connectivity index (χ4n) is 0. The summed E-state index contributed by atoms with van der Waals surface area (Å²) in [5, 5.41) is 8.25. The van der Waals surface area contributed by atoms with Gasteiger partial charge in [0.25, 0.3) is 0 Å². The third-order valence-corrected chi connectivity index (χ3v) is 0.642. The standard InChI is InChI=1S/C5H10O2.H2S/c1-5(2,3)4(6)7;/h1-3H3,(H,6,7);1H2. The average molecular weight is 136 g/mol. The van der Waals surface area contributed by atoms with Gasteiger partial charge in [0.1, 0.15) is 0 Å². The molecule has 0 aliphatic heterocycles. The first-order valence-electron chi connectivity index (χ1n) is 2.18. The van der Waals surface area contributed by atoms with Gasteiger partial charge in [0, 0.05) is 0 Å². The van der Waals surface area contributed by atoms with E-state index in [4.69, 9.17) is 5.11 Å². The van der Waals surface area contributed by atoms with Crippen molar-refractivity contribution in [1.29, 1.82) is 0 Å². The Balaban J connectivity index is 0. The average Bonchev–Trinajstić information content (AvgIpc) is 1.31. The van der Waals surface area contributed by atoms with E-state index in [2.05, 4.69) is 0 Å². The monoisotopic (exact) mass is 136 g/mol. The molecule has 0 amide bonds. The van der Waals surface area contributed by atoms with E-state index in [1.165, 1.54) is 0 Å². The van der Waals surface area contributed by atoms with Gasteiger partial charge in [-0.2, -0.15) is 13.5 Å². The third kappa shape index (κ3) is 3.99. The first-order chi connectivity index (χ1) is 2.94. The molecule has 8 heavy (non-hydrogen) atoms. The molecular formula is C5H12O2S. The van der Waals surface area contributed by atoms with Crippen molar-refractivity contribution < 1.29 is 9.90 Å². The van der Waals surface area contributed by atoms with Crippen LogP contribution in [0.15, 0.2) is 0 Å². The quantitative estimate of drug-likeness (QED) is 0.544. The molecule has 2 nitrogen and oxygen atoms in total. The number of hydrogen-bond donors (Lipinski definition) is 1. The summed E-state index contributed by atoms with van der Waals surface area (Å²) in [6, 6.07) is 0. The number of hydrogen-bond acceptors (Lipinski definition) is 1. The molecule has 0 aromatic rings. The highest BCUT2D eigenvalue weighted by Crippen LogP contribution is 2.11. The van der Waals surface area contributed by atoms with Gasteiger partial charge in [0.15, 0.2) is 0 Å². The number of carboxylic acids is 1. The fourth-order valence-corrected chi connectivity index (χ4v) is 0. The SMILES string of the molecule is CC(C)(C)C(=O)O.S. The molecule has 0 fully saturated rings. The predicted octanol–water partition coefficient (Wildman–Crippen LogP) is 1.23. The number of rotatable bonds is 0. The molecule has 0 saturated carbocycles. The first-order valence-corrected chi connectivity index (χ1v) is 2.18. The van der Waals surface area contributed by atoms with E-state index in [-0.39, 0.29) is 13.5 Å². The van der Waals surface area contributed by atoms with Crippen LogP contribution in [0, 0.1) is 5.41 Å². The van der Waals surface area contributed by atoms with E-state index in [1.807, 2.05) is 0 Å². The maximum Gasteiger partial charge on any atom is 0.308 e. The molecule has 0 atom stereocenters. The summed E-state index contributed by atoms with van der Waals surface area (Å²) in [7, 11) is 0. The zero-order valence-electron chi connectivity index (χ0n) is 5.36. The van der Waals surface area contributed by atoms with Crippen molar-refractivity contribution in [2.45, 2.75) is 20.8 Å². The van der Waals surface area contributed by atoms with E-state index in [9.17, 15) is 4.79 Å². The van der Waals surface area contributed by atoms with Gasteiger partial charge in [0.05, 0.1) is 5.41 Å². The Labute approximate surface area is 56.3 Å². The van der Waals surface area contributed by atoms with Gasteiger partial charge >= 0.3 is 5.97 Å². The largest absolute Gasteiger partial charge is 0.481 e. The van der Waals surface area contributed by atoms with Gasteiger partial charge in [0.2, 0.25) is 0 Å². The molecule has 0 aliphatic rings. The van der Waals surface area contributed by atoms with Crippen LogP contribution in [0.5, 0.6) is 0 Å². The Morgan fingerprint density at radius 3 is 1.50 bits per heavy atom. The van der Waals surface area contributed by atoms with Crippen LogP contribution in [0.4, 0.5) is 0 Å². The Morgan fingerprint density at radius 1 is 1.38 bits per heavy atom. The van der Waals surface area contributed by atoms with Gasteiger partial charge in [-0.15, -0.1) is 0 Å². The van der Waals surface area contributed by atoms with Crippen molar-refractivity contribution in [3.05, 3.63) is 0 Å². The number of carbonyl (C=O) groups is 1. The Morgan fingerprint density at radius 2 is 1.50 bits per heavy atom. The van der Waals surface area contributed by atoms with Gasteiger partial charge < -0.3 is 5.11 Å². The zero-order chi connectivity index (χ0) is 6.08. The van der Waals surface area contributed by atoms with Gasteiger partial charge in [-0.1, -0.05) is 0 Å². The van der Waals surface area contributed by atoms with Crippen LogP contribution in [0.3, 0.4) is 0 Å². The summed E-state index contributed by atoms with van der Waals surface area (Å²) >= 11 is 0. The third-order valence-electron chi connectivity index (χ3n) is 0.642. The molecule has 0 unspecified atom stereocenters. The zero-order valence-corrected chi connectivity index (χ0v) is 6.36. The smallest absolute Gasteiger partial charge is 0.308 e. The lowest BCUT2D eigenvalue weighted by molar-refractivity contribution is -0.145. The minimum absolute atomic E-state index is 0.